The van der Waals surface area contributed by atoms with E-state index in [-0.39, 0.29) is 5.56 Å². The molecule has 1 N–H and O–H groups in total. The SMILES string of the molecule is O=C(O)c1ccc2ccnc(OCc3ccccc3)c2c1. The van der Waals surface area contributed by atoms with Gasteiger partial charge in [-0.1, -0.05) is 36.4 Å². The molecule has 1 aromatic heterocycles. The summed E-state index contributed by atoms with van der Waals surface area (Å²) in [5, 5.41) is 10.7. The fraction of sp³-hybridized carbons (Fsp3) is 0.0588. The number of ether oxygens (including phenoxy) is 1. The van der Waals surface area contributed by atoms with Crippen molar-refractivity contribution in [1.82, 2.24) is 4.98 Å². The van der Waals surface area contributed by atoms with Crippen LogP contribution in [-0.4, -0.2) is 16.1 Å². The second kappa shape index (κ2) is 5.63. The number of carboxylic acids is 1. The van der Waals surface area contributed by atoms with E-state index in [0.29, 0.717) is 17.9 Å². The number of benzene rings is 2. The number of carboxylic acid groups (broad SMARTS) is 1. The monoisotopic (exact) mass is 279 g/mol. The number of carbonyl (C=O) groups is 1. The molecule has 0 spiro atoms. The largest absolute Gasteiger partial charge is 0.478 e. The molecular formula is C17H13NO3. The van der Waals surface area contributed by atoms with Crippen molar-refractivity contribution in [2.75, 3.05) is 0 Å². The van der Waals surface area contributed by atoms with Crippen LogP contribution in [0.1, 0.15) is 15.9 Å². The topological polar surface area (TPSA) is 59.4 Å². The standard InChI is InChI=1S/C17H13NO3/c19-17(20)14-7-6-13-8-9-18-16(15(13)10-14)21-11-12-4-2-1-3-5-12/h1-10H,11H2,(H,19,20). The average Bonchev–Trinajstić information content (AvgIpc) is 2.53. The number of hydrogen-bond acceptors (Lipinski definition) is 3. The Labute approximate surface area is 121 Å². The Hall–Kier alpha value is -2.88. The molecule has 1 heterocycles. The Morgan fingerprint density at radius 3 is 2.67 bits per heavy atom. The van der Waals surface area contributed by atoms with Crippen molar-refractivity contribution in [1.29, 1.82) is 0 Å². The van der Waals surface area contributed by atoms with E-state index in [2.05, 4.69) is 4.98 Å². The Morgan fingerprint density at radius 2 is 1.90 bits per heavy atom. The van der Waals surface area contributed by atoms with Gasteiger partial charge in [-0.2, -0.15) is 0 Å². The predicted octanol–water partition coefficient (Wildman–Crippen LogP) is 3.51. The molecule has 3 rings (SSSR count). The molecule has 0 unspecified atom stereocenters. The zero-order valence-corrected chi connectivity index (χ0v) is 11.2. The van der Waals surface area contributed by atoms with Crippen LogP contribution in [0, 0.1) is 0 Å². The molecule has 0 aliphatic rings. The average molecular weight is 279 g/mol. The summed E-state index contributed by atoms with van der Waals surface area (Å²) in [5.74, 6) is -0.519. The van der Waals surface area contributed by atoms with Crippen molar-refractivity contribution in [3.8, 4) is 5.88 Å². The lowest BCUT2D eigenvalue weighted by Crippen LogP contribution is -1.99. The van der Waals surface area contributed by atoms with Crippen LogP contribution in [-0.2, 0) is 6.61 Å². The second-order valence-corrected chi connectivity index (χ2v) is 4.63. The van der Waals surface area contributed by atoms with Gasteiger partial charge >= 0.3 is 5.97 Å². The lowest BCUT2D eigenvalue weighted by Gasteiger charge is -2.08. The van der Waals surface area contributed by atoms with Gasteiger partial charge in [0.05, 0.1) is 5.56 Å². The molecule has 0 saturated heterocycles. The summed E-state index contributed by atoms with van der Waals surface area (Å²) >= 11 is 0. The van der Waals surface area contributed by atoms with E-state index in [1.807, 2.05) is 36.4 Å². The molecule has 2 aromatic carbocycles. The van der Waals surface area contributed by atoms with E-state index in [1.54, 1.807) is 24.4 Å². The van der Waals surface area contributed by atoms with Crippen molar-refractivity contribution in [2.45, 2.75) is 6.61 Å². The van der Waals surface area contributed by atoms with Gasteiger partial charge in [-0.25, -0.2) is 9.78 Å². The Kier molecular flexibility index (Phi) is 3.51. The first-order valence-corrected chi connectivity index (χ1v) is 6.53. The molecule has 3 aromatic rings. The highest BCUT2D eigenvalue weighted by Crippen LogP contribution is 2.25. The van der Waals surface area contributed by atoms with Gasteiger partial charge in [-0.15, -0.1) is 0 Å². The summed E-state index contributed by atoms with van der Waals surface area (Å²) in [7, 11) is 0. The van der Waals surface area contributed by atoms with E-state index >= 15 is 0 Å². The number of pyridine rings is 1. The van der Waals surface area contributed by atoms with Crippen LogP contribution in [0.15, 0.2) is 60.8 Å². The zero-order valence-electron chi connectivity index (χ0n) is 11.2. The van der Waals surface area contributed by atoms with Crippen molar-refractivity contribution >= 4 is 16.7 Å². The number of hydrogen-bond donors (Lipinski definition) is 1. The normalized spacial score (nSPS) is 10.5. The first-order chi connectivity index (χ1) is 10.2. The Balaban J connectivity index is 1.94. The lowest BCUT2D eigenvalue weighted by atomic mass is 10.1. The molecule has 0 atom stereocenters. The van der Waals surface area contributed by atoms with Crippen LogP contribution in [0.4, 0.5) is 0 Å². The number of fused-ring (bicyclic) bond motifs is 1. The maximum atomic E-state index is 11.1. The Bertz CT molecular complexity index is 784. The summed E-state index contributed by atoms with van der Waals surface area (Å²) in [6, 6.07) is 16.5. The molecular weight excluding hydrogens is 266 g/mol. The Morgan fingerprint density at radius 1 is 1.10 bits per heavy atom. The summed E-state index contributed by atoms with van der Waals surface area (Å²) in [6.45, 7) is 0.393. The highest BCUT2D eigenvalue weighted by atomic mass is 16.5. The van der Waals surface area contributed by atoms with E-state index in [1.165, 1.54) is 0 Å². The van der Waals surface area contributed by atoms with Crippen molar-refractivity contribution in [2.24, 2.45) is 0 Å². The maximum absolute atomic E-state index is 11.1. The second-order valence-electron chi connectivity index (χ2n) is 4.63. The summed E-state index contributed by atoms with van der Waals surface area (Å²) in [5.41, 5.74) is 1.26. The van der Waals surface area contributed by atoms with Crippen LogP contribution in [0.25, 0.3) is 10.8 Å². The molecule has 4 nitrogen and oxygen atoms in total. The van der Waals surface area contributed by atoms with Crippen LogP contribution >= 0.6 is 0 Å². The van der Waals surface area contributed by atoms with Crippen molar-refractivity contribution in [3.63, 3.8) is 0 Å². The highest BCUT2D eigenvalue weighted by Gasteiger charge is 2.08. The van der Waals surface area contributed by atoms with Crippen LogP contribution in [0.2, 0.25) is 0 Å². The molecule has 0 aliphatic heterocycles. The first-order valence-electron chi connectivity index (χ1n) is 6.53. The van der Waals surface area contributed by atoms with E-state index in [9.17, 15) is 4.79 Å². The molecule has 21 heavy (non-hydrogen) atoms. The molecule has 4 heteroatoms. The summed E-state index contributed by atoms with van der Waals surface area (Å²) in [6.07, 6.45) is 1.66. The van der Waals surface area contributed by atoms with Crippen molar-refractivity contribution < 1.29 is 14.6 Å². The third kappa shape index (κ3) is 2.84. The fourth-order valence-electron chi connectivity index (χ4n) is 2.12. The number of aromatic nitrogens is 1. The van der Waals surface area contributed by atoms with Gasteiger partial charge in [0.2, 0.25) is 5.88 Å². The minimum Gasteiger partial charge on any atom is -0.478 e. The smallest absolute Gasteiger partial charge is 0.335 e. The number of nitrogens with zero attached hydrogens (tertiary/aromatic N) is 1. The summed E-state index contributed by atoms with van der Waals surface area (Å²) < 4.78 is 5.74. The summed E-state index contributed by atoms with van der Waals surface area (Å²) in [4.78, 5) is 15.3. The molecule has 104 valence electrons. The van der Waals surface area contributed by atoms with Crippen LogP contribution in [0.3, 0.4) is 0 Å². The van der Waals surface area contributed by atoms with Gasteiger partial charge in [0.15, 0.2) is 0 Å². The maximum Gasteiger partial charge on any atom is 0.335 e. The van der Waals surface area contributed by atoms with Gasteiger partial charge in [-0.3, -0.25) is 0 Å². The lowest BCUT2D eigenvalue weighted by molar-refractivity contribution is 0.0697. The third-order valence-corrected chi connectivity index (χ3v) is 3.19. The van der Waals surface area contributed by atoms with E-state index < -0.39 is 5.97 Å². The first kappa shape index (κ1) is 13.1. The van der Waals surface area contributed by atoms with E-state index in [0.717, 1.165) is 10.9 Å². The zero-order chi connectivity index (χ0) is 14.7. The van der Waals surface area contributed by atoms with Gasteiger partial charge in [0.1, 0.15) is 6.61 Å². The van der Waals surface area contributed by atoms with Crippen molar-refractivity contribution in [3.05, 3.63) is 71.9 Å². The number of rotatable bonds is 4. The van der Waals surface area contributed by atoms with Gasteiger partial charge in [-0.05, 0) is 29.1 Å². The van der Waals surface area contributed by atoms with Gasteiger partial charge in [0, 0.05) is 11.6 Å². The molecule has 0 aliphatic carbocycles. The van der Waals surface area contributed by atoms with Gasteiger partial charge in [0.25, 0.3) is 0 Å². The highest BCUT2D eigenvalue weighted by molar-refractivity contribution is 5.96. The molecule has 0 fully saturated rings. The molecule has 0 amide bonds. The molecule has 0 radical (unpaired) electrons. The minimum absolute atomic E-state index is 0.222. The quantitative estimate of drug-likeness (QED) is 0.794. The third-order valence-electron chi connectivity index (χ3n) is 3.19. The fourth-order valence-corrected chi connectivity index (χ4v) is 2.12. The predicted molar refractivity (Wildman–Crippen MR) is 79.5 cm³/mol. The number of aromatic carboxylic acids is 1. The molecule has 0 bridgehead atoms. The van der Waals surface area contributed by atoms with Crippen LogP contribution in [0.5, 0.6) is 5.88 Å². The van der Waals surface area contributed by atoms with Crippen LogP contribution < -0.4 is 4.74 Å². The van der Waals surface area contributed by atoms with E-state index in [4.69, 9.17) is 9.84 Å². The van der Waals surface area contributed by atoms with Gasteiger partial charge < -0.3 is 9.84 Å². The molecule has 0 saturated carbocycles. The minimum atomic E-state index is -0.963.